The van der Waals surface area contributed by atoms with E-state index in [4.69, 9.17) is 4.74 Å². The van der Waals surface area contributed by atoms with Crippen molar-refractivity contribution in [3.63, 3.8) is 0 Å². The van der Waals surface area contributed by atoms with Crippen LogP contribution < -0.4 is 5.32 Å². The smallest absolute Gasteiger partial charge is 0.414 e. The first kappa shape index (κ1) is 16.9. The standard InChI is InChI=1S/C14H14N2O3S3/c1-20-12-10(13(21-2)22-16-12)11(17)15-14(18)19-8-9-6-4-3-5-7-9/h3-7H,8H2,1-2H3,(H,15,17,18). The lowest BCUT2D eigenvalue weighted by atomic mass is 10.2. The number of imide groups is 1. The van der Waals surface area contributed by atoms with Crippen molar-refractivity contribution in [3.05, 3.63) is 41.5 Å². The van der Waals surface area contributed by atoms with Gasteiger partial charge in [-0.05, 0) is 29.6 Å². The van der Waals surface area contributed by atoms with Gasteiger partial charge in [-0.25, -0.2) is 4.79 Å². The third kappa shape index (κ3) is 4.25. The van der Waals surface area contributed by atoms with Crippen LogP contribution >= 0.6 is 35.1 Å². The van der Waals surface area contributed by atoms with Gasteiger partial charge in [-0.3, -0.25) is 10.1 Å². The Balaban J connectivity index is 1.97. The average Bonchev–Trinajstić information content (AvgIpc) is 2.97. The zero-order valence-corrected chi connectivity index (χ0v) is 14.4. The number of carbonyl (C=O) groups excluding carboxylic acids is 2. The third-order valence-electron chi connectivity index (χ3n) is 2.66. The molecule has 0 saturated carbocycles. The lowest BCUT2D eigenvalue weighted by Crippen LogP contribution is -2.31. The van der Waals surface area contributed by atoms with Gasteiger partial charge >= 0.3 is 6.09 Å². The molecule has 2 amide bonds. The Bertz CT molecular complexity index is 637. The maximum atomic E-state index is 12.2. The van der Waals surface area contributed by atoms with Gasteiger partial charge in [-0.2, -0.15) is 4.37 Å². The number of rotatable bonds is 5. The topological polar surface area (TPSA) is 68.3 Å². The van der Waals surface area contributed by atoms with Crippen molar-refractivity contribution >= 4 is 47.1 Å². The molecule has 0 aliphatic rings. The highest BCUT2D eigenvalue weighted by molar-refractivity contribution is 8.01. The SMILES string of the molecule is CSc1nsc(SC)c1C(=O)NC(=O)OCc1ccccc1. The molecule has 116 valence electrons. The van der Waals surface area contributed by atoms with Gasteiger partial charge in [0.2, 0.25) is 0 Å². The van der Waals surface area contributed by atoms with Gasteiger partial charge in [0.25, 0.3) is 5.91 Å². The monoisotopic (exact) mass is 354 g/mol. The lowest BCUT2D eigenvalue weighted by molar-refractivity contribution is 0.0907. The molecule has 0 aliphatic carbocycles. The van der Waals surface area contributed by atoms with Gasteiger partial charge in [0, 0.05) is 0 Å². The van der Waals surface area contributed by atoms with Gasteiger partial charge in [0.15, 0.2) is 0 Å². The molecule has 8 heteroatoms. The predicted molar refractivity (Wildman–Crippen MR) is 89.8 cm³/mol. The second kappa shape index (κ2) is 8.21. The van der Waals surface area contributed by atoms with E-state index in [0.717, 1.165) is 9.77 Å². The Morgan fingerprint density at radius 2 is 1.95 bits per heavy atom. The summed E-state index contributed by atoms with van der Waals surface area (Å²) >= 11 is 4.04. The molecule has 1 N–H and O–H groups in total. The van der Waals surface area contributed by atoms with Crippen LogP contribution in [0.2, 0.25) is 0 Å². The van der Waals surface area contributed by atoms with Gasteiger partial charge in [0.05, 0.1) is 9.77 Å². The summed E-state index contributed by atoms with van der Waals surface area (Å²) in [6.45, 7) is 0.118. The molecule has 0 bridgehead atoms. The Labute approximate surface area is 141 Å². The van der Waals surface area contributed by atoms with E-state index in [2.05, 4.69) is 9.69 Å². The Kier molecular flexibility index (Phi) is 6.29. The number of nitrogens with zero attached hydrogens (tertiary/aromatic N) is 1. The van der Waals surface area contributed by atoms with Gasteiger partial charge in [0.1, 0.15) is 11.6 Å². The van der Waals surface area contributed by atoms with Crippen LogP contribution in [-0.2, 0) is 11.3 Å². The van der Waals surface area contributed by atoms with E-state index in [1.165, 1.54) is 35.1 Å². The van der Waals surface area contributed by atoms with Gasteiger partial charge in [-0.15, -0.1) is 23.5 Å². The molecular formula is C14H14N2O3S3. The third-order valence-corrected chi connectivity index (χ3v) is 5.40. The molecule has 0 saturated heterocycles. The van der Waals surface area contributed by atoms with Crippen molar-refractivity contribution in [2.45, 2.75) is 15.8 Å². The number of ether oxygens (including phenoxy) is 1. The summed E-state index contributed by atoms with van der Waals surface area (Å²) in [7, 11) is 0. The molecule has 1 heterocycles. The molecule has 2 rings (SSSR count). The van der Waals surface area contributed by atoms with E-state index < -0.39 is 12.0 Å². The summed E-state index contributed by atoms with van der Waals surface area (Å²) in [5.41, 5.74) is 1.29. The minimum Gasteiger partial charge on any atom is -0.444 e. The maximum Gasteiger partial charge on any atom is 0.414 e. The molecule has 0 unspecified atom stereocenters. The minimum atomic E-state index is -0.765. The first-order valence-corrected chi connectivity index (χ1v) is 9.47. The lowest BCUT2D eigenvalue weighted by Gasteiger charge is -2.07. The van der Waals surface area contributed by atoms with Crippen molar-refractivity contribution in [3.8, 4) is 0 Å². The van der Waals surface area contributed by atoms with Crippen LogP contribution in [0.5, 0.6) is 0 Å². The number of thioether (sulfide) groups is 2. The summed E-state index contributed by atoms with van der Waals surface area (Å²) < 4.78 is 10.0. The molecular weight excluding hydrogens is 340 g/mol. The molecule has 5 nitrogen and oxygen atoms in total. The van der Waals surface area contributed by atoms with Gasteiger partial charge in [-0.1, -0.05) is 30.3 Å². The molecule has 22 heavy (non-hydrogen) atoms. The fourth-order valence-electron chi connectivity index (χ4n) is 1.64. The van der Waals surface area contributed by atoms with Crippen LogP contribution in [0.4, 0.5) is 4.79 Å². The maximum absolute atomic E-state index is 12.2. The van der Waals surface area contributed by atoms with Crippen molar-refractivity contribution in [1.29, 1.82) is 0 Å². The van der Waals surface area contributed by atoms with Crippen molar-refractivity contribution in [2.75, 3.05) is 12.5 Å². The average molecular weight is 354 g/mol. The van der Waals surface area contributed by atoms with Crippen LogP contribution in [0.1, 0.15) is 15.9 Å². The second-order valence-corrected chi connectivity index (χ2v) is 6.72. The summed E-state index contributed by atoms with van der Waals surface area (Å²) in [6.07, 6.45) is 2.94. The number of alkyl carbamates (subject to hydrolysis) is 1. The van der Waals surface area contributed by atoms with Crippen molar-refractivity contribution in [2.24, 2.45) is 0 Å². The minimum absolute atomic E-state index is 0.118. The highest BCUT2D eigenvalue weighted by atomic mass is 32.2. The molecule has 0 spiro atoms. The predicted octanol–water partition coefficient (Wildman–Crippen LogP) is 3.65. The fourth-order valence-corrected chi connectivity index (χ4v) is 3.92. The Morgan fingerprint density at radius 1 is 1.23 bits per heavy atom. The molecule has 2 aromatic rings. The summed E-state index contributed by atoms with van der Waals surface area (Å²) in [5, 5.41) is 2.86. The molecule has 0 aliphatic heterocycles. The van der Waals surface area contributed by atoms with Crippen LogP contribution in [0, 0.1) is 0 Å². The van der Waals surface area contributed by atoms with Crippen LogP contribution in [0.3, 0.4) is 0 Å². The first-order chi connectivity index (χ1) is 10.7. The molecule has 1 aromatic carbocycles. The fraction of sp³-hybridized carbons (Fsp3) is 0.214. The van der Waals surface area contributed by atoms with E-state index >= 15 is 0 Å². The zero-order chi connectivity index (χ0) is 15.9. The molecule has 0 radical (unpaired) electrons. The highest BCUT2D eigenvalue weighted by Gasteiger charge is 2.22. The number of hydrogen-bond acceptors (Lipinski definition) is 7. The van der Waals surface area contributed by atoms with Crippen LogP contribution in [-0.4, -0.2) is 28.9 Å². The highest BCUT2D eigenvalue weighted by Crippen LogP contribution is 2.32. The number of aromatic nitrogens is 1. The summed E-state index contributed by atoms with van der Waals surface area (Å²) in [4.78, 5) is 24.0. The van der Waals surface area contributed by atoms with Crippen LogP contribution in [0.15, 0.2) is 39.6 Å². The number of hydrogen-bond donors (Lipinski definition) is 1. The Morgan fingerprint density at radius 3 is 2.59 bits per heavy atom. The number of nitrogens with one attached hydrogen (secondary N) is 1. The summed E-state index contributed by atoms with van der Waals surface area (Å²) in [5.74, 6) is -0.486. The van der Waals surface area contributed by atoms with E-state index in [9.17, 15) is 9.59 Å². The van der Waals surface area contributed by atoms with E-state index in [1.54, 1.807) is 0 Å². The number of carbonyl (C=O) groups is 2. The number of benzene rings is 1. The van der Waals surface area contributed by atoms with E-state index in [-0.39, 0.29) is 6.61 Å². The zero-order valence-electron chi connectivity index (χ0n) is 12.0. The normalized spacial score (nSPS) is 10.3. The van der Waals surface area contributed by atoms with Crippen molar-refractivity contribution < 1.29 is 14.3 Å². The second-order valence-electron chi connectivity index (χ2n) is 4.07. The van der Waals surface area contributed by atoms with Crippen molar-refractivity contribution in [1.82, 2.24) is 9.69 Å². The largest absolute Gasteiger partial charge is 0.444 e. The molecule has 1 aromatic heterocycles. The van der Waals surface area contributed by atoms with E-state index in [0.29, 0.717) is 10.6 Å². The number of amides is 2. The molecule has 0 atom stereocenters. The summed E-state index contributed by atoms with van der Waals surface area (Å²) in [6, 6.07) is 9.28. The van der Waals surface area contributed by atoms with E-state index in [1.807, 2.05) is 42.8 Å². The quantitative estimate of drug-likeness (QED) is 0.827. The van der Waals surface area contributed by atoms with Crippen LogP contribution in [0.25, 0.3) is 0 Å². The first-order valence-electron chi connectivity index (χ1n) is 6.25. The molecule has 0 fully saturated rings. The Hall–Kier alpha value is -1.51. The van der Waals surface area contributed by atoms with Gasteiger partial charge < -0.3 is 4.74 Å².